The normalized spacial score (nSPS) is 30.2. The van der Waals surface area contributed by atoms with Crippen LogP contribution in [0.15, 0.2) is 0 Å². The maximum atomic E-state index is 10.3. The first-order valence-electron chi connectivity index (χ1n) is 6.79. The van der Waals surface area contributed by atoms with Crippen molar-refractivity contribution in [1.29, 1.82) is 0 Å². The highest BCUT2D eigenvalue weighted by Crippen LogP contribution is 2.27. The van der Waals surface area contributed by atoms with E-state index in [-0.39, 0.29) is 0 Å². The van der Waals surface area contributed by atoms with Crippen LogP contribution < -0.4 is 5.32 Å². The van der Waals surface area contributed by atoms with Crippen LogP contribution in [0.1, 0.15) is 44.9 Å². The summed E-state index contributed by atoms with van der Waals surface area (Å²) < 4.78 is 5.45. The van der Waals surface area contributed by atoms with Crippen molar-refractivity contribution in [2.75, 3.05) is 26.3 Å². The Bertz CT molecular complexity index is 196. The van der Waals surface area contributed by atoms with Gasteiger partial charge in [-0.15, -0.1) is 0 Å². The van der Waals surface area contributed by atoms with Crippen LogP contribution in [0.2, 0.25) is 0 Å². The molecule has 1 saturated heterocycles. The van der Waals surface area contributed by atoms with E-state index in [1.165, 1.54) is 32.1 Å². The van der Waals surface area contributed by atoms with Gasteiger partial charge in [-0.2, -0.15) is 0 Å². The van der Waals surface area contributed by atoms with E-state index in [0.717, 1.165) is 39.1 Å². The molecule has 2 rings (SSSR count). The first-order valence-corrected chi connectivity index (χ1v) is 6.79. The molecule has 3 heteroatoms. The van der Waals surface area contributed by atoms with Gasteiger partial charge in [0.25, 0.3) is 0 Å². The van der Waals surface area contributed by atoms with Gasteiger partial charge < -0.3 is 15.2 Å². The zero-order valence-corrected chi connectivity index (χ0v) is 10.2. The zero-order chi connectivity index (χ0) is 11.3. The topological polar surface area (TPSA) is 41.5 Å². The van der Waals surface area contributed by atoms with E-state index in [1.54, 1.807) is 0 Å². The largest absolute Gasteiger partial charge is 0.389 e. The Hall–Kier alpha value is -0.120. The van der Waals surface area contributed by atoms with Gasteiger partial charge in [0, 0.05) is 19.7 Å². The van der Waals surface area contributed by atoms with E-state index in [4.69, 9.17) is 4.74 Å². The van der Waals surface area contributed by atoms with Crippen molar-refractivity contribution in [2.24, 2.45) is 5.92 Å². The van der Waals surface area contributed by atoms with Crippen LogP contribution in [0.25, 0.3) is 0 Å². The van der Waals surface area contributed by atoms with Gasteiger partial charge >= 0.3 is 0 Å². The highest BCUT2D eigenvalue weighted by Gasteiger charge is 2.28. The van der Waals surface area contributed by atoms with Crippen molar-refractivity contribution in [3.63, 3.8) is 0 Å². The van der Waals surface area contributed by atoms with E-state index < -0.39 is 5.60 Å². The molecule has 3 nitrogen and oxygen atoms in total. The number of ether oxygens (including phenoxy) is 1. The van der Waals surface area contributed by atoms with Gasteiger partial charge in [0.1, 0.15) is 0 Å². The summed E-state index contributed by atoms with van der Waals surface area (Å²) in [6, 6.07) is 0. The minimum absolute atomic E-state index is 0.423. The number of hydrogen-bond donors (Lipinski definition) is 2. The second-order valence-electron chi connectivity index (χ2n) is 5.50. The second kappa shape index (κ2) is 5.99. The lowest BCUT2D eigenvalue weighted by molar-refractivity contribution is 0.000934. The molecule has 16 heavy (non-hydrogen) atoms. The molecule has 0 bridgehead atoms. The molecule has 2 N–H and O–H groups in total. The first kappa shape index (κ1) is 12.3. The van der Waals surface area contributed by atoms with Crippen molar-refractivity contribution in [2.45, 2.75) is 50.5 Å². The molecule has 0 radical (unpaired) electrons. The fourth-order valence-electron chi connectivity index (χ4n) is 2.86. The first-order chi connectivity index (χ1) is 7.79. The molecule has 1 aliphatic carbocycles. The van der Waals surface area contributed by atoms with E-state index in [2.05, 4.69) is 5.32 Å². The molecular formula is C13H25NO2. The molecule has 1 aliphatic heterocycles. The maximum Gasteiger partial charge on any atom is 0.0771 e. The summed E-state index contributed by atoms with van der Waals surface area (Å²) in [5, 5.41) is 13.7. The minimum Gasteiger partial charge on any atom is -0.389 e. The summed E-state index contributed by atoms with van der Waals surface area (Å²) in [7, 11) is 0. The van der Waals surface area contributed by atoms with Crippen LogP contribution in [-0.2, 0) is 4.74 Å². The van der Waals surface area contributed by atoms with Gasteiger partial charge in [0.05, 0.1) is 12.2 Å². The lowest BCUT2D eigenvalue weighted by Gasteiger charge is -2.33. The number of hydrogen-bond acceptors (Lipinski definition) is 3. The molecule has 1 atom stereocenters. The Morgan fingerprint density at radius 1 is 1.19 bits per heavy atom. The molecule has 94 valence electrons. The van der Waals surface area contributed by atoms with Crippen LogP contribution in [0.3, 0.4) is 0 Å². The monoisotopic (exact) mass is 227 g/mol. The van der Waals surface area contributed by atoms with Gasteiger partial charge in [-0.1, -0.05) is 19.3 Å². The smallest absolute Gasteiger partial charge is 0.0771 e. The molecule has 0 spiro atoms. The molecular weight excluding hydrogens is 202 g/mol. The van der Waals surface area contributed by atoms with E-state index in [1.807, 2.05) is 0 Å². The minimum atomic E-state index is -0.423. The Labute approximate surface area is 98.6 Å². The molecule has 1 heterocycles. The lowest BCUT2D eigenvalue weighted by atomic mass is 9.85. The summed E-state index contributed by atoms with van der Waals surface area (Å²) in [6.07, 6.45) is 8.07. The van der Waals surface area contributed by atoms with Gasteiger partial charge in [0.15, 0.2) is 0 Å². The molecule has 0 aromatic rings. The molecule has 2 fully saturated rings. The Kier molecular flexibility index (Phi) is 4.62. The molecule has 2 aliphatic rings. The predicted molar refractivity (Wildman–Crippen MR) is 64.4 cm³/mol. The van der Waals surface area contributed by atoms with E-state index >= 15 is 0 Å². The van der Waals surface area contributed by atoms with Crippen molar-refractivity contribution < 1.29 is 9.84 Å². The third-order valence-corrected chi connectivity index (χ3v) is 3.93. The van der Waals surface area contributed by atoms with E-state index in [9.17, 15) is 5.11 Å². The maximum absolute atomic E-state index is 10.3. The Balaban J connectivity index is 1.62. The Morgan fingerprint density at radius 2 is 2.00 bits per heavy atom. The third-order valence-electron chi connectivity index (χ3n) is 3.93. The highest BCUT2D eigenvalue weighted by molar-refractivity contribution is 4.84. The van der Waals surface area contributed by atoms with Crippen LogP contribution in [0, 0.1) is 5.92 Å². The molecule has 1 unspecified atom stereocenters. The average molecular weight is 227 g/mol. The van der Waals surface area contributed by atoms with Crippen LogP contribution in [-0.4, -0.2) is 37.0 Å². The summed E-state index contributed by atoms with van der Waals surface area (Å²) in [5.74, 6) is 0.654. The second-order valence-corrected chi connectivity index (χ2v) is 5.50. The molecule has 0 amide bonds. The SMILES string of the molecule is OC1(CNCC2CCCOC2)CCCCC1. The lowest BCUT2D eigenvalue weighted by Crippen LogP contribution is -2.44. The van der Waals surface area contributed by atoms with Gasteiger partial charge in [-0.05, 0) is 31.6 Å². The number of rotatable bonds is 4. The highest BCUT2D eigenvalue weighted by atomic mass is 16.5. The summed E-state index contributed by atoms with van der Waals surface area (Å²) >= 11 is 0. The number of aliphatic hydroxyl groups is 1. The summed E-state index contributed by atoms with van der Waals surface area (Å²) in [6.45, 7) is 3.59. The van der Waals surface area contributed by atoms with Crippen LogP contribution in [0.5, 0.6) is 0 Å². The van der Waals surface area contributed by atoms with Gasteiger partial charge in [-0.3, -0.25) is 0 Å². The standard InChI is InChI=1S/C13H25NO2/c15-13(6-2-1-3-7-13)11-14-9-12-5-4-8-16-10-12/h12,14-15H,1-11H2. The summed E-state index contributed by atoms with van der Waals surface area (Å²) in [5.41, 5.74) is -0.423. The van der Waals surface area contributed by atoms with Gasteiger partial charge in [0.2, 0.25) is 0 Å². The molecule has 0 aromatic heterocycles. The predicted octanol–water partition coefficient (Wildman–Crippen LogP) is 1.70. The van der Waals surface area contributed by atoms with Crippen molar-refractivity contribution in [3.05, 3.63) is 0 Å². The zero-order valence-electron chi connectivity index (χ0n) is 10.2. The fraction of sp³-hybridized carbons (Fsp3) is 1.00. The van der Waals surface area contributed by atoms with Crippen LogP contribution >= 0.6 is 0 Å². The molecule has 0 aromatic carbocycles. The fourth-order valence-corrected chi connectivity index (χ4v) is 2.86. The van der Waals surface area contributed by atoms with Gasteiger partial charge in [-0.25, -0.2) is 0 Å². The van der Waals surface area contributed by atoms with E-state index in [0.29, 0.717) is 5.92 Å². The quantitative estimate of drug-likeness (QED) is 0.768. The van der Waals surface area contributed by atoms with Crippen molar-refractivity contribution in [1.82, 2.24) is 5.32 Å². The van der Waals surface area contributed by atoms with Crippen molar-refractivity contribution in [3.8, 4) is 0 Å². The Morgan fingerprint density at radius 3 is 2.69 bits per heavy atom. The third kappa shape index (κ3) is 3.72. The number of nitrogens with one attached hydrogen (secondary N) is 1. The van der Waals surface area contributed by atoms with Crippen molar-refractivity contribution >= 4 is 0 Å². The molecule has 1 saturated carbocycles. The average Bonchev–Trinajstić information content (AvgIpc) is 2.31. The summed E-state index contributed by atoms with van der Waals surface area (Å²) in [4.78, 5) is 0. The van der Waals surface area contributed by atoms with Crippen LogP contribution in [0.4, 0.5) is 0 Å².